The van der Waals surface area contributed by atoms with E-state index < -0.39 is 0 Å². The molecule has 1 atom stereocenters. The highest BCUT2D eigenvalue weighted by atomic mass is 32.1. The zero-order valence-electron chi connectivity index (χ0n) is 17.5. The Morgan fingerprint density at radius 1 is 1.22 bits per heavy atom. The third-order valence-electron chi connectivity index (χ3n) is 5.62. The molecule has 0 saturated carbocycles. The molecule has 2 N–H and O–H groups in total. The Morgan fingerprint density at radius 2 is 2.16 bits per heavy atom. The largest absolute Gasteiger partial charge is 0.481 e. The second kappa shape index (κ2) is 8.97. The lowest BCUT2D eigenvalue weighted by Crippen LogP contribution is -2.31. The van der Waals surface area contributed by atoms with Crippen LogP contribution in [0.25, 0.3) is 21.3 Å². The van der Waals surface area contributed by atoms with E-state index in [0.717, 1.165) is 41.6 Å². The Labute approximate surface area is 188 Å². The third-order valence-corrected chi connectivity index (χ3v) is 6.33. The summed E-state index contributed by atoms with van der Waals surface area (Å²) >= 11 is 1.41. The molecule has 1 aromatic carbocycles. The molecule has 3 aromatic heterocycles. The zero-order chi connectivity index (χ0) is 21.9. The molecule has 9 heteroatoms. The van der Waals surface area contributed by atoms with Crippen LogP contribution in [0.4, 0.5) is 5.69 Å². The van der Waals surface area contributed by atoms with Gasteiger partial charge in [-0.15, -0.1) is 5.10 Å². The molecule has 0 bridgehead atoms. The molecular formula is C23H22N6O2S. The van der Waals surface area contributed by atoms with Crippen LogP contribution in [0.3, 0.4) is 0 Å². The molecule has 0 aliphatic heterocycles. The number of carbonyl (C=O) groups is 1. The van der Waals surface area contributed by atoms with Gasteiger partial charge in [0.25, 0.3) is 5.91 Å². The summed E-state index contributed by atoms with van der Waals surface area (Å²) in [6, 6.07) is 11.9. The molecule has 5 rings (SSSR count). The average molecular weight is 447 g/mol. The van der Waals surface area contributed by atoms with Crippen molar-refractivity contribution in [1.29, 1.82) is 0 Å². The van der Waals surface area contributed by atoms with E-state index in [4.69, 9.17) is 4.74 Å². The number of aromatic nitrogens is 4. The van der Waals surface area contributed by atoms with Crippen LogP contribution in [-0.4, -0.2) is 38.6 Å². The van der Waals surface area contributed by atoms with Gasteiger partial charge in [0.05, 0.1) is 23.0 Å². The molecule has 4 aromatic rings. The van der Waals surface area contributed by atoms with Crippen LogP contribution in [0, 0.1) is 0 Å². The summed E-state index contributed by atoms with van der Waals surface area (Å²) in [5.74, 6) is 0.388. The van der Waals surface area contributed by atoms with Gasteiger partial charge in [0.1, 0.15) is 11.0 Å². The Morgan fingerprint density at radius 3 is 3.00 bits per heavy atom. The van der Waals surface area contributed by atoms with Gasteiger partial charge >= 0.3 is 0 Å². The molecule has 162 valence electrons. The molecule has 1 aliphatic rings. The molecule has 8 nitrogen and oxygen atoms in total. The lowest BCUT2D eigenvalue weighted by Gasteiger charge is -2.23. The van der Waals surface area contributed by atoms with Crippen LogP contribution in [0.5, 0.6) is 5.88 Å². The number of nitrogens with one attached hydrogen (secondary N) is 2. The van der Waals surface area contributed by atoms with Crippen molar-refractivity contribution in [3.63, 3.8) is 0 Å². The maximum absolute atomic E-state index is 12.9. The first-order valence-electron chi connectivity index (χ1n) is 10.4. The van der Waals surface area contributed by atoms with Crippen molar-refractivity contribution in [2.24, 2.45) is 0 Å². The smallest absolute Gasteiger partial charge is 0.251 e. The molecule has 0 radical (unpaired) electrons. The van der Waals surface area contributed by atoms with Gasteiger partial charge in [0.2, 0.25) is 5.88 Å². The van der Waals surface area contributed by atoms with Gasteiger partial charge in [-0.2, -0.15) is 0 Å². The summed E-state index contributed by atoms with van der Waals surface area (Å²) in [6.07, 6.45) is 6.13. The predicted octanol–water partition coefficient (Wildman–Crippen LogP) is 3.85. The van der Waals surface area contributed by atoms with Gasteiger partial charge < -0.3 is 15.4 Å². The van der Waals surface area contributed by atoms with Crippen LogP contribution in [0.15, 0.2) is 54.2 Å². The topological polar surface area (TPSA) is 102 Å². The number of amides is 1. The van der Waals surface area contributed by atoms with Crippen molar-refractivity contribution in [2.45, 2.75) is 31.8 Å². The van der Waals surface area contributed by atoms with Crippen molar-refractivity contribution < 1.29 is 9.53 Å². The van der Waals surface area contributed by atoms with Gasteiger partial charge in [0, 0.05) is 30.4 Å². The fourth-order valence-electron chi connectivity index (χ4n) is 3.85. The number of rotatable bonds is 6. The summed E-state index contributed by atoms with van der Waals surface area (Å²) in [6.45, 7) is 0.768. The number of hydrogen-bond acceptors (Lipinski definition) is 8. The van der Waals surface area contributed by atoms with E-state index in [0.29, 0.717) is 28.6 Å². The highest BCUT2D eigenvalue weighted by molar-refractivity contribution is 7.12. The summed E-state index contributed by atoms with van der Waals surface area (Å²) in [5.41, 5.74) is 4.87. The number of pyridine rings is 2. The third kappa shape index (κ3) is 4.30. The minimum Gasteiger partial charge on any atom is -0.481 e. The number of nitrogens with zero attached hydrogens (tertiary/aromatic N) is 4. The van der Waals surface area contributed by atoms with Crippen molar-refractivity contribution in [2.75, 3.05) is 12.4 Å². The highest BCUT2D eigenvalue weighted by Gasteiger charge is 2.19. The van der Waals surface area contributed by atoms with E-state index in [-0.39, 0.29) is 5.91 Å². The number of benzene rings is 1. The Bertz CT molecular complexity index is 1320. The van der Waals surface area contributed by atoms with E-state index in [2.05, 4.69) is 48.4 Å². The maximum Gasteiger partial charge on any atom is 0.251 e. The molecule has 0 spiro atoms. The summed E-state index contributed by atoms with van der Waals surface area (Å²) < 4.78 is 10.3. The van der Waals surface area contributed by atoms with E-state index >= 15 is 0 Å². The van der Waals surface area contributed by atoms with Crippen LogP contribution < -0.4 is 15.4 Å². The van der Waals surface area contributed by atoms with Crippen LogP contribution in [0.2, 0.25) is 0 Å². The van der Waals surface area contributed by atoms with Gasteiger partial charge in [-0.05, 0) is 60.6 Å². The van der Waals surface area contributed by atoms with Crippen molar-refractivity contribution in [3.8, 4) is 5.88 Å². The quantitative estimate of drug-likeness (QED) is 0.464. The fourth-order valence-corrected chi connectivity index (χ4v) is 4.39. The standard InChI is InChI=1S/C23H22N6O2S/c1-31-21-9-7-17-22(27-21)18(10-11-24-17)26-23(30)15-3-5-16(6-4-15)25-13-14-2-8-20-19(12-14)28-29-32-20/h2-3,7-12,16,25H,4-6,13H2,1H3,(H,24,26,30). The lowest BCUT2D eigenvalue weighted by molar-refractivity contribution is -0.113. The number of fused-ring (bicyclic) bond motifs is 2. The molecule has 32 heavy (non-hydrogen) atoms. The molecule has 3 heterocycles. The number of anilines is 1. The van der Waals surface area contributed by atoms with Gasteiger partial charge in [-0.3, -0.25) is 9.78 Å². The normalized spacial score (nSPS) is 16.2. The van der Waals surface area contributed by atoms with Crippen molar-refractivity contribution >= 4 is 44.4 Å². The first-order valence-corrected chi connectivity index (χ1v) is 11.2. The predicted molar refractivity (Wildman–Crippen MR) is 125 cm³/mol. The number of ether oxygens (including phenoxy) is 1. The lowest BCUT2D eigenvalue weighted by atomic mass is 9.94. The second-order valence-electron chi connectivity index (χ2n) is 7.69. The Hall–Kier alpha value is -3.43. The van der Waals surface area contributed by atoms with Crippen LogP contribution >= 0.6 is 11.5 Å². The van der Waals surface area contributed by atoms with Gasteiger partial charge in [0.15, 0.2) is 0 Å². The van der Waals surface area contributed by atoms with E-state index in [1.54, 1.807) is 25.4 Å². The minimum absolute atomic E-state index is 0.0953. The van der Waals surface area contributed by atoms with Gasteiger partial charge in [-0.25, -0.2) is 4.98 Å². The molecule has 0 saturated heterocycles. The van der Waals surface area contributed by atoms with Crippen LogP contribution in [-0.2, 0) is 11.3 Å². The Kier molecular flexibility index (Phi) is 5.74. The van der Waals surface area contributed by atoms with Crippen molar-refractivity contribution in [3.05, 3.63) is 59.8 Å². The summed E-state index contributed by atoms with van der Waals surface area (Å²) in [7, 11) is 1.56. The SMILES string of the molecule is COc1ccc2nccc(NC(=O)C3=CCC(NCc4ccc5snnc5c4)CC3)c2n1. The second-order valence-corrected chi connectivity index (χ2v) is 8.48. The highest BCUT2D eigenvalue weighted by Crippen LogP contribution is 2.25. The van der Waals surface area contributed by atoms with Crippen LogP contribution in [0.1, 0.15) is 24.8 Å². The number of methoxy groups -OCH3 is 1. The first-order chi connectivity index (χ1) is 15.7. The minimum atomic E-state index is -0.0953. The molecule has 0 fully saturated rings. The monoisotopic (exact) mass is 446 g/mol. The fraction of sp³-hybridized carbons (Fsp3) is 0.261. The molecule has 1 unspecified atom stereocenters. The number of hydrogen-bond donors (Lipinski definition) is 2. The van der Waals surface area contributed by atoms with E-state index in [9.17, 15) is 4.79 Å². The average Bonchev–Trinajstić information content (AvgIpc) is 3.31. The summed E-state index contributed by atoms with van der Waals surface area (Å²) in [5, 5.41) is 10.7. The van der Waals surface area contributed by atoms with Gasteiger partial charge in [-0.1, -0.05) is 16.6 Å². The maximum atomic E-state index is 12.9. The zero-order valence-corrected chi connectivity index (χ0v) is 18.4. The first kappa shape index (κ1) is 20.5. The summed E-state index contributed by atoms with van der Waals surface area (Å²) in [4.78, 5) is 21.6. The Balaban J connectivity index is 1.21. The molecular weight excluding hydrogens is 424 g/mol. The number of carbonyl (C=O) groups excluding carboxylic acids is 1. The van der Waals surface area contributed by atoms with Crippen molar-refractivity contribution in [1.82, 2.24) is 24.9 Å². The molecule has 1 amide bonds. The van der Waals surface area contributed by atoms with E-state index in [1.165, 1.54) is 17.1 Å². The molecule has 1 aliphatic carbocycles. The van der Waals surface area contributed by atoms with E-state index in [1.807, 2.05) is 12.1 Å².